The molecule has 0 aromatic heterocycles. The lowest BCUT2D eigenvalue weighted by Crippen LogP contribution is -2.16. The van der Waals surface area contributed by atoms with Gasteiger partial charge in [0, 0.05) is 5.92 Å². The SMILES string of the molecule is CCc1cc(C(CN)Cc2ccccc2F)ccc1OC. The van der Waals surface area contributed by atoms with Gasteiger partial charge in [-0.25, -0.2) is 4.39 Å². The highest BCUT2D eigenvalue weighted by Gasteiger charge is 2.14. The summed E-state index contributed by atoms with van der Waals surface area (Å²) < 4.78 is 19.2. The molecule has 0 spiro atoms. The van der Waals surface area contributed by atoms with Crippen LogP contribution in [-0.4, -0.2) is 13.7 Å². The van der Waals surface area contributed by atoms with Crippen molar-refractivity contribution in [3.8, 4) is 5.75 Å². The van der Waals surface area contributed by atoms with Crippen LogP contribution in [0.5, 0.6) is 5.75 Å². The number of rotatable bonds is 6. The standard InChI is InChI=1S/C18H22FNO/c1-3-13-10-14(8-9-18(13)21-2)16(12-20)11-15-6-4-5-7-17(15)19/h4-10,16H,3,11-12,20H2,1-2H3. The van der Waals surface area contributed by atoms with Crippen molar-refractivity contribution in [1.29, 1.82) is 0 Å². The van der Waals surface area contributed by atoms with Crippen LogP contribution in [0.2, 0.25) is 0 Å². The van der Waals surface area contributed by atoms with Crippen LogP contribution in [0.4, 0.5) is 4.39 Å². The monoisotopic (exact) mass is 287 g/mol. The summed E-state index contributed by atoms with van der Waals surface area (Å²) in [5.41, 5.74) is 8.91. The molecule has 2 rings (SSSR count). The fraction of sp³-hybridized carbons (Fsp3) is 0.333. The highest BCUT2D eigenvalue weighted by Crippen LogP contribution is 2.27. The Morgan fingerprint density at radius 3 is 2.52 bits per heavy atom. The summed E-state index contributed by atoms with van der Waals surface area (Å²) >= 11 is 0. The number of hydrogen-bond donors (Lipinski definition) is 1. The third-order valence-corrected chi connectivity index (χ3v) is 3.87. The van der Waals surface area contributed by atoms with Crippen LogP contribution in [0.25, 0.3) is 0 Å². The molecule has 0 amide bonds. The van der Waals surface area contributed by atoms with Gasteiger partial charge in [-0.05, 0) is 48.2 Å². The molecule has 0 aliphatic carbocycles. The number of ether oxygens (including phenoxy) is 1. The van der Waals surface area contributed by atoms with Crippen LogP contribution < -0.4 is 10.5 Å². The molecule has 21 heavy (non-hydrogen) atoms. The maximum atomic E-state index is 13.8. The van der Waals surface area contributed by atoms with Crippen molar-refractivity contribution in [2.45, 2.75) is 25.7 Å². The predicted octanol–water partition coefficient (Wildman–Crippen LogP) is 3.68. The van der Waals surface area contributed by atoms with E-state index in [0.717, 1.165) is 23.3 Å². The van der Waals surface area contributed by atoms with Gasteiger partial charge in [0.05, 0.1) is 7.11 Å². The molecule has 1 unspecified atom stereocenters. The maximum Gasteiger partial charge on any atom is 0.126 e. The first kappa shape index (κ1) is 15.5. The summed E-state index contributed by atoms with van der Waals surface area (Å²) in [7, 11) is 1.67. The van der Waals surface area contributed by atoms with Crippen LogP contribution in [-0.2, 0) is 12.8 Å². The van der Waals surface area contributed by atoms with E-state index in [0.29, 0.717) is 18.5 Å². The highest BCUT2D eigenvalue weighted by atomic mass is 19.1. The van der Waals surface area contributed by atoms with E-state index in [9.17, 15) is 4.39 Å². The molecule has 2 aromatic rings. The molecule has 2 nitrogen and oxygen atoms in total. The Kier molecular flexibility index (Phi) is 5.34. The smallest absolute Gasteiger partial charge is 0.126 e. The van der Waals surface area contributed by atoms with E-state index in [4.69, 9.17) is 10.5 Å². The number of aryl methyl sites for hydroxylation is 1. The Labute approximate surface area is 125 Å². The van der Waals surface area contributed by atoms with Crippen LogP contribution in [0, 0.1) is 5.82 Å². The molecule has 0 heterocycles. The maximum absolute atomic E-state index is 13.8. The fourth-order valence-electron chi connectivity index (χ4n) is 2.60. The van der Waals surface area contributed by atoms with Gasteiger partial charge in [-0.1, -0.05) is 37.3 Å². The fourth-order valence-corrected chi connectivity index (χ4v) is 2.60. The summed E-state index contributed by atoms with van der Waals surface area (Å²) in [6, 6.07) is 13.0. The molecule has 112 valence electrons. The van der Waals surface area contributed by atoms with Crippen LogP contribution in [0.3, 0.4) is 0 Å². The molecular weight excluding hydrogens is 265 g/mol. The van der Waals surface area contributed by atoms with Crippen molar-refractivity contribution in [1.82, 2.24) is 0 Å². The van der Waals surface area contributed by atoms with Gasteiger partial charge in [-0.3, -0.25) is 0 Å². The number of methoxy groups -OCH3 is 1. The minimum atomic E-state index is -0.167. The van der Waals surface area contributed by atoms with E-state index < -0.39 is 0 Å². The minimum absolute atomic E-state index is 0.109. The number of benzene rings is 2. The lowest BCUT2D eigenvalue weighted by atomic mass is 9.90. The van der Waals surface area contributed by atoms with Gasteiger partial charge >= 0.3 is 0 Å². The Balaban J connectivity index is 2.27. The van der Waals surface area contributed by atoms with Gasteiger partial charge in [0.15, 0.2) is 0 Å². The van der Waals surface area contributed by atoms with Gasteiger partial charge in [-0.2, -0.15) is 0 Å². The summed E-state index contributed by atoms with van der Waals surface area (Å²) in [4.78, 5) is 0. The van der Waals surface area contributed by atoms with Gasteiger partial charge < -0.3 is 10.5 Å². The summed E-state index contributed by atoms with van der Waals surface area (Å²) in [6.07, 6.45) is 1.51. The van der Waals surface area contributed by atoms with Crippen molar-refractivity contribution in [2.75, 3.05) is 13.7 Å². The van der Waals surface area contributed by atoms with Gasteiger partial charge in [0.1, 0.15) is 11.6 Å². The Morgan fingerprint density at radius 2 is 1.90 bits per heavy atom. The first-order chi connectivity index (χ1) is 10.2. The van der Waals surface area contributed by atoms with Crippen LogP contribution >= 0.6 is 0 Å². The molecule has 0 radical (unpaired) electrons. The van der Waals surface area contributed by atoms with Crippen LogP contribution in [0.1, 0.15) is 29.5 Å². The molecule has 2 aromatic carbocycles. The van der Waals surface area contributed by atoms with E-state index in [1.165, 1.54) is 6.07 Å². The van der Waals surface area contributed by atoms with E-state index in [1.807, 2.05) is 24.3 Å². The van der Waals surface area contributed by atoms with Crippen molar-refractivity contribution < 1.29 is 9.13 Å². The summed E-state index contributed by atoms with van der Waals surface area (Å²) in [6.45, 7) is 2.58. The molecule has 0 saturated carbocycles. The quantitative estimate of drug-likeness (QED) is 0.879. The zero-order valence-corrected chi connectivity index (χ0v) is 12.6. The van der Waals surface area contributed by atoms with Crippen molar-refractivity contribution in [2.24, 2.45) is 5.73 Å². The predicted molar refractivity (Wildman–Crippen MR) is 84.3 cm³/mol. The van der Waals surface area contributed by atoms with E-state index in [1.54, 1.807) is 13.2 Å². The second-order valence-electron chi connectivity index (χ2n) is 5.15. The summed E-state index contributed by atoms with van der Waals surface area (Å²) in [5, 5.41) is 0. The molecule has 0 bridgehead atoms. The number of nitrogens with two attached hydrogens (primary N) is 1. The zero-order valence-electron chi connectivity index (χ0n) is 12.6. The molecule has 0 aliphatic rings. The van der Waals surface area contributed by atoms with Crippen molar-refractivity contribution in [3.05, 3.63) is 65.0 Å². The molecule has 0 fully saturated rings. The normalized spacial score (nSPS) is 12.2. The summed E-state index contributed by atoms with van der Waals surface area (Å²) in [5.74, 6) is 0.834. The van der Waals surface area contributed by atoms with E-state index in [2.05, 4.69) is 13.0 Å². The second kappa shape index (κ2) is 7.23. The molecular formula is C18H22FNO. The minimum Gasteiger partial charge on any atom is -0.496 e. The first-order valence-electron chi connectivity index (χ1n) is 7.29. The molecule has 0 saturated heterocycles. The average Bonchev–Trinajstić information content (AvgIpc) is 2.53. The average molecular weight is 287 g/mol. The largest absolute Gasteiger partial charge is 0.496 e. The zero-order chi connectivity index (χ0) is 15.2. The Morgan fingerprint density at radius 1 is 1.14 bits per heavy atom. The van der Waals surface area contributed by atoms with Gasteiger partial charge in [0.2, 0.25) is 0 Å². The second-order valence-corrected chi connectivity index (χ2v) is 5.15. The van der Waals surface area contributed by atoms with E-state index in [-0.39, 0.29) is 11.7 Å². The highest BCUT2D eigenvalue weighted by molar-refractivity contribution is 5.39. The van der Waals surface area contributed by atoms with Crippen LogP contribution in [0.15, 0.2) is 42.5 Å². The van der Waals surface area contributed by atoms with Gasteiger partial charge in [0.25, 0.3) is 0 Å². The first-order valence-corrected chi connectivity index (χ1v) is 7.29. The number of halogens is 1. The van der Waals surface area contributed by atoms with Crippen molar-refractivity contribution >= 4 is 0 Å². The third kappa shape index (κ3) is 3.61. The lowest BCUT2D eigenvalue weighted by molar-refractivity contribution is 0.409. The molecule has 3 heteroatoms. The molecule has 2 N–H and O–H groups in total. The third-order valence-electron chi connectivity index (χ3n) is 3.87. The van der Waals surface area contributed by atoms with E-state index >= 15 is 0 Å². The number of hydrogen-bond acceptors (Lipinski definition) is 2. The lowest BCUT2D eigenvalue weighted by Gasteiger charge is -2.18. The molecule has 1 atom stereocenters. The van der Waals surface area contributed by atoms with Crippen molar-refractivity contribution in [3.63, 3.8) is 0 Å². The Hall–Kier alpha value is -1.87. The topological polar surface area (TPSA) is 35.2 Å². The van der Waals surface area contributed by atoms with Gasteiger partial charge in [-0.15, -0.1) is 0 Å². The Bertz CT molecular complexity index is 598. The molecule has 0 aliphatic heterocycles.